The van der Waals surface area contributed by atoms with E-state index in [4.69, 9.17) is 4.98 Å². The molecular formula is C26H44N6O. The summed E-state index contributed by atoms with van der Waals surface area (Å²) in [4.78, 5) is 29.2. The van der Waals surface area contributed by atoms with Crippen LogP contribution < -0.4 is 10.2 Å². The van der Waals surface area contributed by atoms with Crippen molar-refractivity contribution in [2.24, 2.45) is 5.41 Å². The molecule has 4 rings (SSSR count). The Kier molecular flexibility index (Phi) is 8.10. The van der Waals surface area contributed by atoms with E-state index in [9.17, 15) is 4.79 Å². The number of nitrogens with zero attached hydrogens (tertiary/aromatic N) is 5. The summed E-state index contributed by atoms with van der Waals surface area (Å²) in [6.45, 7) is 12.6. The molecule has 0 aromatic carbocycles. The van der Waals surface area contributed by atoms with Crippen LogP contribution in [0.5, 0.6) is 0 Å². The first-order valence-electron chi connectivity index (χ1n) is 13.2. The molecule has 0 bridgehead atoms. The van der Waals surface area contributed by atoms with Gasteiger partial charge in [0, 0.05) is 57.4 Å². The van der Waals surface area contributed by atoms with E-state index >= 15 is 0 Å². The van der Waals surface area contributed by atoms with Crippen molar-refractivity contribution >= 4 is 17.7 Å². The van der Waals surface area contributed by atoms with Gasteiger partial charge in [0.05, 0.1) is 0 Å². The summed E-state index contributed by atoms with van der Waals surface area (Å²) >= 11 is 0. The van der Waals surface area contributed by atoms with Crippen molar-refractivity contribution in [2.45, 2.75) is 90.6 Å². The number of carbonyl (C=O) groups excluding carboxylic acids is 1. The first-order chi connectivity index (χ1) is 15.9. The minimum atomic E-state index is 0.0618. The highest BCUT2D eigenvalue weighted by molar-refractivity contribution is 5.76. The Bertz CT molecular complexity index is 762. The maximum Gasteiger partial charge on any atom is 0.224 e. The van der Waals surface area contributed by atoms with Crippen LogP contribution in [-0.4, -0.2) is 77.0 Å². The normalized spacial score (nSPS) is 23.9. The van der Waals surface area contributed by atoms with Gasteiger partial charge in [-0.2, -0.15) is 4.98 Å². The van der Waals surface area contributed by atoms with Crippen LogP contribution in [0.25, 0.3) is 0 Å². The minimum absolute atomic E-state index is 0.0618. The second-order valence-corrected chi connectivity index (χ2v) is 11.5. The molecule has 0 radical (unpaired) electrons. The molecule has 0 spiro atoms. The summed E-state index contributed by atoms with van der Waals surface area (Å²) < 4.78 is 0. The molecule has 3 aliphatic rings. The van der Waals surface area contributed by atoms with E-state index in [1.54, 1.807) is 0 Å². The van der Waals surface area contributed by atoms with Crippen molar-refractivity contribution in [3.05, 3.63) is 12.3 Å². The second-order valence-electron chi connectivity index (χ2n) is 11.5. The van der Waals surface area contributed by atoms with Gasteiger partial charge in [0.2, 0.25) is 11.9 Å². The Hall–Kier alpha value is -1.89. The topological polar surface area (TPSA) is 64.6 Å². The van der Waals surface area contributed by atoms with Crippen molar-refractivity contribution in [3.8, 4) is 0 Å². The Morgan fingerprint density at radius 2 is 1.73 bits per heavy atom. The first-order valence-corrected chi connectivity index (χ1v) is 13.2. The highest BCUT2D eigenvalue weighted by Crippen LogP contribution is 2.26. The smallest absolute Gasteiger partial charge is 0.224 e. The Morgan fingerprint density at radius 1 is 1.00 bits per heavy atom. The highest BCUT2D eigenvalue weighted by Gasteiger charge is 2.31. The number of piperidine rings is 2. The highest BCUT2D eigenvalue weighted by atomic mass is 16.2. The lowest BCUT2D eigenvalue weighted by Crippen LogP contribution is -2.52. The van der Waals surface area contributed by atoms with E-state index in [0.29, 0.717) is 24.4 Å². The third kappa shape index (κ3) is 7.05. The van der Waals surface area contributed by atoms with E-state index in [1.807, 2.05) is 6.20 Å². The average molecular weight is 457 g/mol. The van der Waals surface area contributed by atoms with Crippen LogP contribution in [0.3, 0.4) is 0 Å². The number of carbonyl (C=O) groups is 1. The van der Waals surface area contributed by atoms with Gasteiger partial charge in [-0.15, -0.1) is 0 Å². The Labute approximate surface area is 200 Å². The van der Waals surface area contributed by atoms with E-state index in [1.165, 1.54) is 32.1 Å². The van der Waals surface area contributed by atoms with Gasteiger partial charge < -0.3 is 15.1 Å². The predicted octanol–water partition coefficient (Wildman–Crippen LogP) is 4.16. The monoisotopic (exact) mass is 456 g/mol. The van der Waals surface area contributed by atoms with E-state index in [-0.39, 0.29) is 5.41 Å². The van der Waals surface area contributed by atoms with Gasteiger partial charge in [-0.05, 0) is 56.6 Å². The summed E-state index contributed by atoms with van der Waals surface area (Å²) in [5, 5.41) is 3.64. The molecule has 3 fully saturated rings. The molecule has 1 unspecified atom stereocenters. The van der Waals surface area contributed by atoms with Crippen LogP contribution in [-0.2, 0) is 4.79 Å². The molecule has 3 aliphatic heterocycles. The number of aromatic nitrogens is 2. The number of amides is 1. The molecule has 1 aromatic rings. The fraction of sp³-hybridized carbons (Fsp3) is 0.808. The number of hydrogen-bond acceptors (Lipinski definition) is 6. The van der Waals surface area contributed by atoms with Gasteiger partial charge in [-0.25, -0.2) is 4.98 Å². The van der Waals surface area contributed by atoms with Crippen molar-refractivity contribution < 1.29 is 4.79 Å². The lowest BCUT2D eigenvalue weighted by Gasteiger charge is -2.42. The number of nitrogens with one attached hydrogen (secondary N) is 1. The summed E-state index contributed by atoms with van der Waals surface area (Å²) in [5.41, 5.74) is 0.0618. The number of likely N-dealkylation sites (tertiary alicyclic amines) is 2. The molecule has 184 valence electrons. The Balaban J connectivity index is 1.28. The van der Waals surface area contributed by atoms with Gasteiger partial charge in [0.15, 0.2) is 0 Å². The van der Waals surface area contributed by atoms with Crippen molar-refractivity contribution in [3.63, 3.8) is 0 Å². The van der Waals surface area contributed by atoms with Crippen LogP contribution >= 0.6 is 0 Å². The average Bonchev–Trinajstić information content (AvgIpc) is 3.08. The SMILES string of the molecule is CC(C)(C)CC(=O)N1CCC(N2CCCC(Nc3nccc(N4CCCCCC4)n3)C2)CC1. The van der Waals surface area contributed by atoms with Gasteiger partial charge in [-0.1, -0.05) is 33.6 Å². The van der Waals surface area contributed by atoms with E-state index < -0.39 is 0 Å². The number of rotatable bonds is 5. The van der Waals surface area contributed by atoms with Gasteiger partial charge >= 0.3 is 0 Å². The van der Waals surface area contributed by atoms with Gasteiger partial charge in [0.25, 0.3) is 0 Å². The van der Waals surface area contributed by atoms with E-state index in [2.05, 4.69) is 51.8 Å². The molecule has 33 heavy (non-hydrogen) atoms. The van der Waals surface area contributed by atoms with Crippen LogP contribution in [0.2, 0.25) is 0 Å². The molecule has 0 saturated carbocycles. The first kappa shape index (κ1) is 24.2. The largest absolute Gasteiger partial charge is 0.356 e. The third-order valence-electron chi connectivity index (χ3n) is 7.37. The zero-order valence-corrected chi connectivity index (χ0v) is 21.1. The predicted molar refractivity (Wildman–Crippen MR) is 135 cm³/mol. The summed E-state index contributed by atoms with van der Waals surface area (Å²) in [6, 6.07) is 3.02. The molecule has 7 heteroatoms. The van der Waals surface area contributed by atoms with Crippen molar-refractivity contribution in [1.29, 1.82) is 0 Å². The lowest BCUT2D eigenvalue weighted by molar-refractivity contribution is -0.134. The molecular weight excluding hydrogens is 412 g/mol. The summed E-state index contributed by atoms with van der Waals surface area (Å²) in [5.74, 6) is 2.15. The fourth-order valence-corrected chi connectivity index (χ4v) is 5.58. The third-order valence-corrected chi connectivity index (χ3v) is 7.37. The molecule has 1 aromatic heterocycles. The number of anilines is 2. The zero-order valence-electron chi connectivity index (χ0n) is 21.1. The number of hydrogen-bond donors (Lipinski definition) is 1. The molecule has 4 heterocycles. The zero-order chi connectivity index (χ0) is 23.3. The molecule has 1 amide bonds. The molecule has 0 aliphatic carbocycles. The standard InChI is InChI=1S/C26H44N6O/c1-26(2,3)19-24(33)31-17-11-22(12-18-31)32-16-8-9-21(20-32)28-25-27-13-10-23(29-25)30-14-6-4-5-7-15-30/h10,13,21-22H,4-9,11-12,14-20H2,1-3H3,(H,27,28,29). The maximum atomic E-state index is 12.6. The summed E-state index contributed by atoms with van der Waals surface area (Å²) in [7, 11) is 0. The van der Waals surface area contributed by atoms with Gasteiger partial charge in [0.1, 0.15) is 5.82 Å². The van der Waals surface area contributed by atoms with Crippen LogP contribution in [0, 0.1) is 5.41 Å². The lowest BCUT2D eigenvalue weighted by atomic mass is 9.91. The summed E-state index contributed by atoms with van der Waals surface area (Å²) in [6.07, 6.45) is 12.2. The van der Waals surface area contributed by atoms with Crippen LogP contribution in [0.15, 0.2) is 12.3 Å². The minimum Gasteiger partial charge on any atom is -0.356 e. The van der Waals surface area contributed by atoms with Crippen LogP contribution in [0.1, 0.15) is 78.6 Å². The van der Waals surface area contributed by atoms with E-state index in [0.717, 1.165) is 70.3 Å². The van der Waals surface area contributed by atoms with Crippen LogP contribution in [0.4, 0.5) is 11.8 Å². The molecule has 1 atom stereocenters. The Morgan fingerprint density at radius 3 is 2.42 bits per heavy atom. The molecule has 3 saturated heterocycles. The van der Waals surface area contributed by atoms with Crippen molar-refractivity contribution in [2.75, 3.05) is 49.5 Å². The fourth-order valence-electron chi connectivity index (χ4n) is 5.58. The van der Waals surface area contributed by atoms with Gasteiger partial charge in [-0.3, -0.25) is 9.69 Å². The molecule has 7 nitrogen and oxygen atoms in total. The maximum absolute atomic E-state index is 12.6. The quantitative estimate of drug-likeness (QED) is 0.718. The van der Waals surface area contributed by atoms with Crippen molar-refractivity contribution in [1.82, 2.24) is 19.8 Å². The second kappa shape index (κ2) is 11.0. The molecule has 1 N–H and O–H groups in total.